The third-order valence-electron chi connectivity index (χ3n) is 6.21. The van der Waals surface area contributed by atoms with Gasteiger partial charge in [-0.2, -0.15) is 0 Å². The van der Waals surface area contributed by atoms with Gasteiger partial charge in [-0.3, -0.25) is 9.78 Å². The quantitative estimate of drug-likeness (QED) is 0.480. The first-order chi connectivity index (χ1) is 15.5. The van der Waals surface area contributed by atoms with Gasteiger partial charge >= 0.3 is 0 Å². The van der Waals surface area contributed by atoms with Crippen molar-refractivity contribution in [1.29, 1.82) is 0 Å². The lowest BCUT2D eigenvalue weighted by atomic mass is 10.00. The minimum Gasteiger partial charge on any atom is -0.352 e. The van der Waals surface area contributed by atoms with Gasteiger partial charge in [0, 0.05) is 35.8 Å². The monoisotopic (exact) mass is 444 g/mol. The Labute approximate surface area is 189 Å². The molecule has 1 amide bonds. The van der Waals surface area contributed by atoms with Crippen LogP contribution in [0.5, 0.6) is 0 Å². The Morgan fingerprint density at radius 1 is 1.16 bits per heavy atom. The molecule has 4 heterocycles. The molecule has 2 fully saturated rings. The maximum absolute atomic E-state index is 12.1. The molecule has 4 aromatic rings. The number of amides is 1. The highest BCUT2D eigenvalue weighted by molar-refractivity contribution is 7.18. The molecule has 1 saturated heterocycles. The SMILES string of the molecule is CC1(C)CNC(=O)CN1c1cc2ncccc2c(Nc2ccc3nc(C4CC4)sc3c2)n1. The number of benzene rings is 1. The maximum atomic E-state index is 12.1. The van der Waals surface area contributed by atoms with Crippen LogP contribution in [0.3, 0.4) is 0 Å². The van der Waals surface area contributed by atoms with Gasteiger partial charge in [-0.15, -0.1) is 11.3 Å². The molecule has 2 N–H and O–H groups in total. The summed E-state index contributed by atoms with van der Waals surface area (Å²) in [6, 6.07) is 12.2. The van der Waals surface area contributed by atoms with Crippen molar-refractivity contribution in [2.45, 2.75) is 38.1 Å². The van der Waals surface area contributed by atoms with Crippen LogP contribution in [-0.4, -0.2) is 39.5 Å². The molecule has 0 bridgehead atoms. The molecule has 1 aliphatic heterocycles. The lowest BCUT2D eigenvalue weighted by molar-refractivity contribution is -0.121. The molecular formula is C24H24N6OS. The standard InChI is InChI=1S/C24H24N6OS/c1-24(2)13-26-21(31)12-30(24)20-11-18-16(4-3-9-25-18)22(29-20)27-15-7-8-17-19(10-15)32-23(28-17)14-5-6-14/h3-4,7-11,14H,5-6,12-13H2,1-2H3,(H,26,31)(H,27,29). The second-order valence-electron chi connectivity index (χ2n) is 9.21. The molecule has 6 rings (SSSR count). The Kier molecular flexibility index (Phi) is 4.33. The fourth-order valence-electron chi connectivity index (χ4n) is 4.17. The van der Waals surface area contributed by atoms with E-state index in [9.17, 15) is 4.79 Å². The number of hydrogen-bond donors (Lipinski definition) is 2. The number of nitrogens with one attached hydrogen (secondary N) is 2. The summed E-state index contributed by atoms with van der Waals surface area (Å²) >= 11 is 1.79. The number of anilines is 3. The van der Waals surface area contributed by atoms with Gasteiger partial charge in [0.25, 0.3) is 0 Å². The Balaban J connectivity index is 1.41. The third kappa shape index (κ3) is 3.44. The first kappa shape index (κ1) is 19.4. The molecule has 0 radical (unpaired) electrons. The maximum Gasteiger partial charge on any atom is 0.239 e. The van der Waals surface area contributed by atoms with Gasteiger partial charge in [0.05, 0.1) is 32.8 Å². The average molecular weight is 445 g/mol. The van der Waals surface area contributed by atoms with Crippen LogP contribution < -0.4 is 15.5 Å². The summed E-state index contributed by atoms with van der Waals surface area (Å²) in [5.74, 6) is 2.14. The van der Waals surface area contributed by atoms with Crippen molar-refractivity contribution in [1.82, 2.24) is 20.3 Å². The van der Waals surface area contributed by atoms with E-state index in [-0.39, 0.29) is 18.0 Å². The highest BCUT2D eigenvalue weighted by Gasteiger charge is 2.34. The van der Waals surface area contributed by atoms with Gasteiger partial charge in [-0.25, -0.2) is 9.97 Å². The molecule has 162 valence electrons. The van der Waals surface area contributed by atoms with Crippen molar-refractivity contribution < 1.29 is 4.79 Å². The Morgan fingerprint density at radius 2 is 2.03 bits per heavy atom. The van der Waals surface area contributed by atoms with Crippen molar-refractivity contribution in [3.63, 3.8) is 0 Å². The van der Waals surface area contributed by atoms with E-state index >= 15 is 0 Å². The number of piperazine rings is 1. The minimum atomic E-state index is -0.249. The molecule has 3 aromatic heterocycles. The first-order valence-electron chi connectivity index (χ1n) is 10.9. The Hall–Kier alpha value is -3.26. The fraction of sp³-hybridized carbons (Fsp3) is 0.333. The van der Waals surface area contributed by atoms with Crippen molar-refractivity contribution in [2.75, 3.05) is 23.3 Å². The van der Waals surface area contributed by atoms with E-state index < -0.39 is 0 Å². The largest absolute Gasteiger partial charge is 0.352 e. The number of fused-ring (bicyclic) bond motifs is 2. The van der Waals surface area contributed by atoms with E-state index in [0.717, 1.165) is 33.7 Å². The zero-order valence-corrected chi connectivity index (χ0v) is 18.9. The van der Waals surface area contributed by atoms with Crippen LogP contribution in [0, 0.1) is 0 Å². The number of hydrogen-bond acceptors (Lipinski definition) is 7. The van der Waals surface area contributed by atoms with Crippen LogP contribution in [0.1, 0.15) is 37.6 Å². The Bertz CT molecular complexity index is 1360. The molecular weight excluding hydrogens is 420 g/mol. The van der Waals surface area contributed by atoms with Gasteiger partial charge in [-0.05, 0) is 57.0 Å². The van der Waals surface area contributed by atoms with Crippen LogP contribution in [0.15, 0.2) is 42.6 Å². The molecule has 0 atom stereocenters. The summed E-state index contributed by atoms with van der Waals surface area (Å²) in [6.45, 7) is 5.06. The number of aromatic nitrogens is 3. The number of rotatable bonds is 4. The van der Waals surface area contributed by atoms with Gasteiger partial charge in [0.1, 0.15) is 11.6 Å². The summed E-state index contributed by atoms with van der Waals surface area (Å²) in [5, 5.41) is 8.65. The molecule has 8 heteroatoms. The zero-order chi connectivity index (χ0) is 21.9. The molecule has 0 unspecified atom stereocenters. The molecule has 1 saturated carbocycles. The molecule has 2 aliphatic rings. The third-order valence-corrected chi connectivity index (χ3v) is 7.39. The summed E-state index contributed by atoms with van der Waals surface area (Å²) in [5.41, 5.74) is 2.61. The van der Waals surface area contributed by atoms with Crippen LogP contribution in [0.25, 0.3) is 21.1 Å². The molecule has 7 nitrogen and oxygen atoms in total. The number of thiazole rings is 1. The predicted molar refractivity (Wildman–Crippen MR) is 129 cm³/mol. The highest BCUT2D eigenvalue weighted by Crippen LogP contribution is 2.43. The summed E-state index contributed by atoms with van der Waals surface area (Å²) in [7, 11) is 0. The van der Waals surface area contributed by atoms with Crippen molar-refractivity contribution >= 4 is 55.7 Å². The van der Waals surface area contributed by atoms with Gasteiger partial charge in [0.2, 0.25) is 5.91 Å². The van der Waals surface area contributed by atoms with E-state index in [2.05, 4.69) is 46.5 Å². The van der Waals surface area contributed by atoms with Crippen molar-refractivity contribution in [3.8, 4) is 0 Å². The second-order valence-corrected chi connectivity index (χ2v) is 10.3. The van der Waals surface area contributed by atoms with Crippen molar-refractivity contribution in [3.05, 3.63) is 47.6 Å². The highest BCUT2D eigenvalue weighted by atomic mass is 32.1. The molecule has 1 aromatic carbocycles. The number of carbonyl (C=O) groups is 1. The van der Waals surface area contributed by atoms with Crippen LogP contribution in [0.4, 0.5) is 17.3 Å². The smallest absolute Gasteiger partial charge is 0.239 e. The fourth-order valence-corrected chi connectivity index (χ4v) is 5.35. The van der Waals surface area contributed by atoms with Gasteiger partial charge in [-0.1, -0.05) is 0 Å². The topological polar surface area (TPSA) is 83.0 Å². The first-order valence-corrected chi connectivity index (χ1v) is 11.8. The van der Waals surface area contributed by atoms with E-state index in [0.29, 0.717) is 12.5 Å². The summed E-state index contributed by atoms with van der Waals surface area (Å²) in [4.78, 5) is 28.5. The normalized spacial score (nSPS) is 18.2. The Morgan fingerprint density at radius 3 is 2.88 bits per heavy atom. The van der Waals surface area contributed by atoms with Gasteiger partial charge < -0.3 is 15.5 Å². The minimum absolute atomic E-state index is 0.00358. The van der Waals surface area contributed by atoms with Crippen LogP contribution >= 0.6 is 11.3 Å². The molecule has 0 spiro atoms. The zero-order valence-electron chi connectivity index (χ0n) is 18.1. The number of nitrogens with zero attached hydrogens (tertiary/aromatic N) is 4. The van der Waals surface area contributed by atoms with E-state index in [4.69, 9.17) is 9.97 Å². The summed E-state index contributed by atoms with van der Waals surface area (Å²) < 4.78 is 1.18. The lowest BCUT2D eigenvalue weighted by Crippen LogP contribution is -2.60. The van der Waals surface area contributed by atoms with E-state index in [1.165, 1.54) is 22.5 Å². The average Bonchev–Trinajstić information content (AvgIpc) is 3.54. The number of carbonyl (C=O) groups excluding carboxylic acids is 1. The number of pyridine rings is 2. The predicted octanol–water partition coefficient (Wildman–Crippen LogP) is 4.58. The van der Waals surface area contributed by atoms with Crippen molar-refractivity contribution in [2.24, 2.45) is 0 Å². The van der Waals surface area contributed by atoms with E-state index in [1.54, 1.807) is 17.5 Å². The molecule has 32 heavy (non-hydrogen) atoms. The summed E-state index contributed by atoms with van der Waals surface area (Å²) in [6.07, 6.45) is 4.30. The van der Waals surface area contributed by atoms with Gasteiger partial charge in [0.15, 0.2) is 0 Å². The lowest BCUT2D eigenvalue weighted by Gasteiger charge is -2.43. The van der Waals surface area contributed by atoms with Crippen LogP contribution in [0.2, 0.25) is 0 Å². The molecule has 1 aliphatic carbocycles. The van der Waals surface area contributed by atoms with Crippen LogP contribution in [-0.2, 0) is 4.79 Å². The second kappa shape index (κ2) is 7.13. The van der Waals surface area contributed by atoms with E-state index in [1.807, 2.05) is 24.3 Å².